The van der Waals surface area contributed by atoms with Crippen molar-refractivity contribution >= 4 is 11.9 Å². The number of aliphatic hydroxyl groups excluding tert-OH is 5. The molecule has 10 nitrogen and oxygen atoms in total. The average Bonchev–Trinajstić information content (AvgIpc) is 3.78. The Hall–Kier alpha value is 0.700. The van der Waals surface area contributed by atoms with Crippen LogP contribution in [0, 0.1) is 105 Å². The number of fused-ring (bicyclic) bond motifs is 10. The zero-order chi connectivity index (χ0) is 45.7. The molecular formula is C53H92Na2O10. The SMILES string of the molecule is CC[C@H]1[C@@H](O)C2C3CC[C@H]([C@H](C)CCC(=O)O)[C@@]3(C)CCC2[C@@]2(C)CC[C@@H](O)C[C@@H]12.CC[C@H]1[C@@H](O)C2C3CC[C@H]([C@H](C)CCC(=O)[O-])[C@@]3(C)CCC2[C@@]2(C)CC[C@@H](O)C[C@@H]12.CO.[Na+].[Na+].[OH-]. The zero-order valence-electron chi connectivity index (χ0n) is 42.9. The third-order valence-electron chi connectivity index (χ3n) is 21.9. The van der Waals surface area contributed by atoms with E-state index >= 15 is 0 Å². The number of carboxylic acid groups (broad SMARTS) is 2. The number of carbonyl (C=O) groups excluding carboxylic acids is 1. The minimum absolute atomic E-state index is 0. The Kier molecular flexibility index (Phi) is 22.1. The molecule has 7 N–H and O–H groups in total. The van der Waals surface area contributed by atoms with E-state index in [4.69, 9.17) is 10.2 Å². The van der Waals surface area contributed by atoms with Gasteiger partial charge in [-0.25, -0.2) is 0 Å². The van der Waals surface area contributed by atoms with Gasteiger partial charge in [-0.05, 0) is 214 Å². The molecule has 0 spiro atoms. The molecule has 8 aliphatic carbocycles. The Morgan fingerprint density at radius 3 is 1.23 bits per heavy atom. The van der Waals surface area contributed by atoms with Crippen molar-refractivity contribution in [2.45, 2.75) is 208 Å². The molecular weight excluding hydrogens is 843 g/mol. The topological polar surface area (TPSA) is 209 Å². The summed E-state index contributed by atoms with van der Waals surface area (Å²) in [6.07, 6.45) is 18.3. The molecule has 0 aliphatic heterocycles. The van der Waals surface area contributed by atoms with Crippen LogP contribution in [0.5, 0.6) is 0 Å². The third kappa shape index (κ3) is 10.9. The van der Waals surface area contributed by atoms with Gasteiger partial charge in [0.1, 0.15) is 0 Å². The summed E-state index contributed by atoms with van der Waals surface area (Å²) in [7, 11) is 1.00. The number of carboxylic acids is 2. The minimum Gasteiger partial charge on any atom is -0.870 e. The fraction of sp³-hybridized carbons (Fsp3) is 0.962. The molecule has 22 atom stereocenters. The van der Waals surface area contributed by atoms with Crippen molar-refractivity contribution in [2.75, 3.05) is 7.11 Å². The summed E-state index contributed by atoms with van der Waals surface area (Å²) in [5.41, 5.74) is 0.931. The third-order valence-corrected chi connectivity index (χ3v) is 21.9. The van der Waals surface area contributed by atoms with Crippen molar-refractivity contribution in [3.8, 4) is 0 Å². The minimum atomic E-state index is -0.933. The Bertz CT molecular complexity index is 1430. The van der Waals surface area contributed by atoms with Gasteiger partial charge in [0.05, 0.1) is 24.4 Å². The summed E-state index contributed by atoms with van der Waals surface area (Å²) in [6, 6.07) is 0. The quantitative estimate of drug-likeness (QED) is 0.176. The first-order chi connectivity index (χ1) is 29.3. The van der Waals surface area contributed by atoms with E-state index in [2.05, 4.69) is 55.4 Å². The van der Waals surface area contributed by atoms with Gasteiger partial charge in [-0.15, -0.1) is 0 Å². The van der Waals surface area contributed by atoms with E-state index in [1.165, 1.54) is 51.4 Å². The molecule has 0 aromatic carbocycles. The van der Waals surface area contributed by atoms with Crippen molar-refractivity contribution in [3.05, 3.63) is 0 Å². The first-order valence-corrected chi connectivity index (χ1v) is 25.8. The standard InChI is InChI=1S/2C26H44O4.CH4O.2Na.H2O/c2*1-5-17-21-14-16(27)10-12-26(21,4)20-11-13-25(3)18(15(2)6-9-22(28)29)7-8-19(25)23(20)24(17)30;1-2;;;/h2*15-21,23-24,27,30H,5-14H2,1-4H3,(H,28,29);2H,1H3;;;1H2/q;;;2*+1;/p-2/t2*15-,16-,17-,18-,19?,20?,21+,23?,24-,25-,26-;;;;/m11..../s1. The summed E-state index contributed by atoms with van der Waals surface area (Å²) in [4.78, 5) is 22.1. The maximum absolute atomic E-state index is 11.7. The maximum Gasteiger partial charge on any atom is 1.00 e. The van der Waals surface area contributed by atoms with Crippen LogP contribution in [-0.4, -0.2) is 79.6 Å². The van der Waals surface area contributed by atoms with E-state index in [1.807, 2.05) is 0 Å². The average molecular weight is 935 g/mol. The molecule has 0 aromatic heterocycles. The summed E-state index contributed by atoms with van der Waals surface area (Å²) in [5, 5.41) is 71.4. The molecule has 0 heterocycles. The molecule has 0 radical (unpaired) electrons. The summed E-state index contributed by atoms with van der Waals surface area (Å²) >= 11 is 0. The van der Waals surface area contributed by atoms with E-state index in [-0.39, 0.29) is 124 Å². The number of carbonyl (C=O) groups is 2. The fourth-order valence-electron chi connectivity index (χ4n) is 19.0. The van der Waals surface area contributed by atoms with Crippen LogP contribution in [0.3, 0.4) is 0 Å². The van der Waals surface area contributed by atoms with E-state index in [0.717, 1.165) is 64.9 Å². The Labute approximate surface area is 438 Å². The molecule has 65 heavy (non-hydrogen) atoms. The van der Waals surface area contributed by atoms with E-state index in [1.54, 1.807) is 0 Å². The molecule has 8 aliphatic rings. The van der Waals surface area contributed by atoms with E-state index in [9.17, 15) is 35.1 Å². The van der Waals surface area contributed by atoms with Crippen LogP contribution >= 0.6 is 0 Å². The molecule has 0 saturated heterocycles. The van der Waals surface area contributed by atoms with Crippen molar-refractivity contribution in [1.82, 2.24) is 0 Å². The number of aliphatic hydroxyl groups is 5. The van der Waals surface area contributed by atoms with Gasteiger partial charge in [-0.1, -0.05) is 68.2 Å². The van der Waals surface area contributed by atoms with Crippen molar-refractivity contribution in [2.24, 2.45) is 105 Å². The van der Waals surface area contributed by atoms with Crippen molar-refractivity contribution < 1.29 is 110 Å². The van der Waals surface area contributed by atoms with Gasteiger partial charge < -0.3 is 46.0 Å². The van der Waals surface area contributed by atoms with Crippen LogP contribution in [0.25, 0.3) is 0 Å². The number of aliphatic carboxylic acids is 2. The predicted molar refractivity (Wildman–Crippen MR) is 243 cm³/mol. The monoisotopic (exact) mass is 935 g/mol. The summed E-state index contributed by atoms with van der Waals surface area (Å²) < 4.78 is 0. The van der Waals surface area contributed by atoms with Crippen molar-refractivity contribution in [1.29, 1.82) is 0 Å². The molecule has 0 bridgehead atoms. The second-order valence-electron chi connectivity index (χ2n) is 24.0. The summed E-state index contributed by atoms with van der Waals surface area (Å²) in [6.45, 7) is 18.8. The molecule has 0 aromatic rings. The summed E-state index contributed by atoms with van der Waals surface area (Å²) in [5.74, 6) is 4.78. The number of hydrogen-bond donors (Lipinski definition) is 6. The number of hydrogen-bond acceptors (Lipinski definition) is 9. The molecule has 6 unspecified atom stereocenters. The van der Waals surface area contributed by atoms with E-state index in [0.29, 0.717) is 89.3 Å². The second kappa shape index (κ2) is 23.9. The molecule has 8 fully saturated rings. The van der Waals surface area contributed by atoms with Crippen molar-refractivity contribution in [3.63, 3.8) is 0 Å². The molecule has 366 valence electrons. The molecule has 8 rings (SSSR count). The van der Waals surface area contributed by atoms with Crippen LogP contribution in [0.2, 0.25) is 0 Å². The van der Waals surface area contributed by atoms with Gasteiger partial charge in [-0.3, -0.25) is 4.79 Å². The Morgan fingerprint density at radius 1 is 0.554 bits per heavy atom. The molecule has 0 amide bonds. The van der Waals surface area contributed by atoms with Gasteiger partial charge >= 0.3 is 65.1 Å². The van der Waals surface area contributed by atoms with Gasteiger partial charge in [0.2, 0.25) is 0 Å². The fourth-order valence-corrected chi connectivity index (χ4v) is 19.0. The van der Waals surface area contributed by atoms with Crippen LogP contribution in [0.4, 0.5) is 0 Å². The largest absolute Gasteiger partial charge is 1.00 e. The first-order valence-electron chi connectivity index (χ1n) is 25.8. The van der Waals surface area contributed by atoms with Crippen LogP contribution in [0.1, 0.15) is 184 Å². The first kappa shape index (κ1) is 60.0. The normalized spacial score (nSPS) is 47.7. The van der Waals surface area contributed by atoms with E-state index < -0.39 is 11.9 Å². The van der Waals surface area contributed by atoms with Crippen LogP contribution in [0.15, 0.2) is 0 Å². The van der Waals surface area contributed by atoms with Crippen LogP contribution in [-0.2, 0) is 9.59 Å². The Morgan fingerprint density at radius 2 is 0.892 bits per heavy atom. The smallest absolute Gasteiger partial charge is 0.870 e. The number of rotatable bonds is 10. The van der Waals surface area contributed by atoms with Gasteiger partial charge in [-0.2, -0.15) is 0 Å². The zero-order valence-corrected chi connectivity index (χ0v) is 46.9. The maximum atomic E-state index is 11.7. The molecule has 8 saturated carbocycles. The van der Waals surface area contributed by atoms with Crippen LogP contribution < -0.4 is 64.2 Å². The van der Waals surface area contributed by atoms with Gasteiger partial charge in [0, 0.05) is 19.5 Å². The predicted octanol–water partition coefficient (Wildman–Crippen LogP) is 2.33. The Balaban J connectivity index is 0.000000319. The second-order valence-corrected chi connectivity index (χ2v) is 24.0. The molecule has 12 heteroatoms. The van der Waals surface area contributed by atoms with Gasteiger partial charge in [0.25, 0.3) is 0 Å². The van der Waals surface area contributed by atoms with Gasteiger partial charge in [0.15, 0.2) is 0 Å².